The summed E-state index contributed by atoms with van der Waals surface area (Å²) in [5.74, 6) is 0. The van der Waals surface area contributed by atoms with E-state index in [0.717, 1.165) is 4.47 Å². The van der Waals surface area contributed by atoms with Gasteiger partial charge in [0.05, 0.1) is 11.1 Å². The van der Waals surface area contributed by atoms with Crippen molar-refractivity contribution in [1.29, 1.82) is 5.26 Å². The molecule has 0 aliphatic heterocycles. The van der Waals surface area contributed by atoms with E-state index in [1.54, 1.807) is 6.07 Å². The molecule has 7 heteroatoms. The molecule has 0 spiro atoms. The van der Waals surface area contributed by atoms with Gasteiger partial charge in [0.15, 0.2) is 0 Å². The van der Waals surface area contributed by atoms with Crippen molar-refractivity contribution in [1.82, 2.24) is 4.72 Å². The molecule has 4 nitrogen and oxygen atoms in total. The fraction of sp³-hybridized carbons (Fsp3) is 0.364. The summed E-state index contributed by atoms with van der Waals surface area (Å²) in [7, 11) is -3.58. The SMILES string of the molecule is N#CCCCCNS(=O)(=O)c1ccc(Br)cc1Cl. The lowest BCUT2D eigenvalue weighted by molar-refractivity contribution is 0.577. The minimum absolute atomic E-state index is 0.0626. The first-order chi connectivity index (χ1) is 8.47. The number of nitrogens with zero attached hydrogens (tertiary/aromatic N) is 1. The summed E-state index contributed by atoms with van der Waals surface area (Å²) in [6.45, 7) is 0.302. The van der Waals surface area contributed by atoms with E-state index >= 15 is 0 Å². The van der Waals surface area contributed by atoms with Crippen molar-refractivity contribution >= 4 is 37.6 Å². The van der Waals surface area contributed by atoms with Gasteiger partial charge in [-0.1, -0.05) is 27.5 Å². The lowest BCUT2D eigenvalue weighted by atomic mass is 10.2. The van der Waals surface area contributed by atoms with Crippen LogP contribution in [0.5, 0.6) is 0 Å². The Kier molecular flexibility index (Phi) is 6.09. The van der Waals surface area contributed by atoms with E-state index in [1.807, 2.05) is 6.07 Å². The topological polar surface area (TPSA) is 70.0 Å². The summed E-state index contributed by atoms with van der Waals surface area (Å²) >= 11 is 9.10. The van der Waals surface area contributed by atoms with Crippen molar-refractivity contribution in [2.45, 2.75) is 24.2 Å². The molecule has 0 radical (unpaired) electrons. The number of hydrogen-bond donors (Lipinski definition) is 1. The van der Waals surface area contributed by atoms with Gasteiger partial charge >= 0.3 is 0 Å². The van der Waals surface area contributed by atoms with E-state index in [1.165, 1.54) is 12.1 Å². The van der Waals surface area contributed by atoms with Crippen molar-refractivity contribution in [3.63, 3.8) is 0 Å². The summed E-state index contributed by atoms with van der Waals surface area (Å²) in [6.07, 6.45) is 1.73. The van der Waals surface area contributed by atoms with Gasteiger partial charge in [0.25, 0.3) is 0 Å². The minimum atomic E-state index is -3.58. The Hall–Kier alpha value is -0.610. The summed E-state index contributed by atoms with van der Waals surface area (Å²) < 4.78 is 27.0. The zero-order valence-corrected chi connectivity index (χ0v) is 12.6. The molecular weight excluding hydrogens is 340 g/mol. The van der Waals surface area contributed by atoms with Crippen LogP contribution in [0, 0.1) is 11.3 Å². The van der Waals surface area contributed by atoms with Gasteiger partial charge in [-0.05, 0) is 31.0 Å². The second kappa shape index (κ2) is 7.10. The van der Waals surface area contributed by atoms with E-state index in [-0.39, 0.29) is 9.92 Å². The van der Waals surface area contributed by atoms with E-state index < -0.39 is 10.0 Å². The average Bonchev–Trinajstić information content (AvgIpc) is 2.28. The van der Waals surface area contributed by atoms with Gasteiger partial charge in [-0.3, -0.25) is 0 Å². The molecule has 0 saturated carbocycles. The predicted molar refractivity (Wildman–Crippen MR) is 73.8 cm³/mol. The lowest BCUT2D eigenvalue weighted by Crippen LogP contribution is -2.25. The number of hydrogen-bond acceptors (Lipinski definition) is 3. The van der Waals surface area contributed by atoms with Crippen LogP contribution in [0.15, 0.2) is 27.6 Å². The standard InChI is InChI=1S/C11H12BrClN2O2S/c12-9-4-5-11(10(13)8-9)18(16,17)15-7-3-1-2-6-14/h4-5,8,15H,1-3,7H2. The number of nitriles is 1. The van der Waals surface area contributed by atoms with Crippen molar-refractivity contribution in [2.75, 3.05) is 6.54 Å². The van der Waals surface area contributed by atoms with Gasteiger partial charge < -0.3 is 0 Å². The smallest absolute Gasteiger partial charge is 0.211 e. The van der Waals surface area contributed by atoms with Crippen LogP contribution in [0.4, 0.5) is 0 Å². The maximum Gasteiger partial charge on any atom is 0.242 e. The molecule has 0 aliphatic carbocycles. The van der Waals surface area contributed by atoms with Gasteiger partial charge in [0.1, 0.15) is 4.90 Å². The highest BCUT2D eigenvalue weighted by Crippen LogP contribution is 2.24. The van der Waals surface area contributed by atoms with Crippen molar-refractivity contribution < 1.29 is 8.42 Å². The number of unbranched alkanes of at least 4 members (excludes halogenated alkanes) is 2. The Balaban J connectivity index is 2.66. The number of nitrogens with one attached hydrogen (secondary N) is 1. The second-order valence-electron chi connectivity index (χ2n) is 3.59. The van der Waals surface area contributed by atoms with Crippen LogP contribution in [0.25, 0.3) is 0 Å². The van der Waals surface area contributed by atoms with Crippen molar-refractivity contribution in [3.05, 3.63) is 27.7 Å². The Morgan fingerprint density at radius 1 is 1.39 bits per heavy atom. The largest absolute Gasteiger partial charge is 0.242 e. The quantitative estimate of drug-likeness (QED) is 0.801. The zero-order valence-electron chi connectivity index (χ0n) is 9.49. The highest BCUT2D eigenvalue weighted by atomic mass is 79.9. The second-order valence-corrected chi connectivity index (χ2v) is 6.65. The van der Waals surface area contributed by atoms with E-state index in [9.17, 15) is 8.42 Å². The number of sulfonamides is 1. The monoisotopic (exact) mass is 350 g/mol. The average molecular weight is 352 g/mol. The molecule has 0 unspecified atom stereocenters. The molecule has 0 amide bonds. The Morgan fingerprint density at radius 2 is 2.11 bits per heavy atom. The summed E-state index contributed by atoms with van der Waals surface area (Å²) in [4.78, 5) is 0.0626. The van der Waals surface area contributed by atoms with Crippen LogP contribution in [0.2, 0.25) is 5.02 Å². The van der Waals surface area contributed by atoms with E-state index in [4.69, 9.17) is 16.9 Å². The van der Waals surface area contributed by atoms with Crippen LogP contribution in [-0.2, 0) is 10.0 Å². The molecule has 0 fully saturated rings. The summed E-state index contributed by atoms with van der Waals surface area (Å²) in [5, 5.41) is 8.53. The third-order valence-electron chi connectivity index (χ3n) is 2.19. The molecule has 0 aliphatic rings. The van der Waals surface area contributed by atoms with Crippen LogP contribution in [-0.4, -0.2) is 15.0 Å². The Morgan fingerprint density at radius 3 is 2.72 bits per heavy atom. The molecule has 0 saturated heterocycles. The molecule has 18 heavy (non-hydrogen) atoms. The fourth-order valence-electron chi connectivity index (χ4n) is 1.31. The molecule has 0 bridgehead atoms. The highest BCUT2D eigenvalue weighted by Gasteiger charge is 2.17. The maximum atomic E-state index is 11.9. The van der Waals surface area contributed by atoms with E-state index in [0.29, 0.717) is 25.8 Å². The maximum absolute atomic E-state index is 11.9. The first kappa shape index (κ1) is 15.4. The number of halogens is 2. The van der Waals surface area contributed by atoms with E-state index in [2.05, 4.69) is 20.7 Å². The molecule has 1 rings (SSSR count). The normalized spacial score (nSPS) is 11.2. The predicted octanol–water partition coefficient (Wildman–Crippen LogP) is 3.07. The van der Waals surface area contributed by atoms with Crippen LogP contribution >= 0.6 is 27.5 Å². The lowest BCUT2D eigenvalue weighted by Gasteiger charge is -2.08. The van der Waals surface area contributed by atoms with Gasteiger partial charge in [-0.15, -0.1) is 0 Å². The molecule has 1 N–H and O–H groups in total. The summed E-state index contributed by atoms with van der Waals surface area (Å²) in [5.41, 5.74) is 0. The minimum Gasteiger partial charge on any atom is -0.211 e. The number of benzene rings is 1. The Labute approximate surface area is 120 Å². The number of rotatable bonds is 6. The molecule has 0 aromatic heterocycles. The molecule has 1 aromatic rings. The van der Waals surface area contributed by atoms with Crippen molar-refractivity contribution in [2.24, 2.45) is 0 Å². The van der Waals surface area contributed by atoms with Gasteiger partial charge in [0.2, 0.25) is 10.0 Å². The van der Waals surface area contributed by atoms with Crippen LogP contribution in [0.1, 0.15) is 19.3 Å². The molecule has 0 atom stereocenters. The van der Waals surface area contributed by atoms with Gasteiger partial charge in [-0.25, -0.2) is 13.1 Å². The van der Waals surface area contributed by atoms with Crippen molar-refractivity contribution in [3.8, 4) is 6.07 Å². The van der Waals surface area contributed by atoms with Crippen LogP contribution in [0.3, 0.4) is 0 Å². The zero-order chi connectivity index (χ0) is 13.6. The molecule has 98 valence electrons. The Bertz CT molecular complexity index is 555. The molecule has 0 heterocycles. The van der Waals surface area contributed by atoms with Gasteiger partial charge in [0, 0.05) is 17.4 Å². The summed E-state index contributed by atoms with van der Waals surface area (Å²) in [6, 6.07) is 6.61. The fourth-order valence-corrected chi connectivity index (χ4v) is 3.42. The third kappa shape index (κ3) is 4.58. The molecule has 1 aromatic carbocycles. The van der Waals surface area contributed by atoms with Crippen LogP contribution < -0.4 is 4.72 Å². The third-order valence-corrected chi connectivity index (χ3v) is 4.63. The molecular formula is C11H12BrClN2O2S. The van der Waals surface area contributed by atoms with Gasteiger partial charge in [-0.2, -0.15) is 5.26 Å². The first-order valence-electron chi connectivity index (χ1n) is 5.29. The highest BCUT2D eigenvalue weighted by molar-refractivity contribution is 9.10. The first-order valence-corrected chi connectivity index (χ1v) is 7.94.